The van der Waals surface area contributed by atoms with Gasteiger partial charge >= 0.3 is 0 Å². The number of phenols is 1. The van der Waals surface area contributed by atoms with Crippen LogP contribution in [0.15, 0.2) is 72.8 Å². The summed E-state index contributed by atoms with van der Waals surface area (Å²) in [5.74, 6) is 0.888. The summed E-state index contributed by atoms with van der Waals surface area (Å²) < 4.78 is 0. The van der Waals surface area contributed by atoms with Crippen molar-refractivity contribution in [3.63, 3.8) is 0 Å². The molecule has 3 aromatic carbocycles. The highest BCUT2D eigenvalue weighted by Crippen LogP contribution is 2.55. The van der Waals surface area contributed by atoms with E-state index in [1.165, 1.54) is 47.1 Å². The highest BCUT2D eigenvalue weighted by molar-refractivity contribution is 5.46. The van der Waals surface area contributed by atoms with Crippen LogP contribution in [0.4, 0.5) is 0 Å². The van der Waals surface area contributed by atoms with E-state index in [0.29, 0.717) is 17.1 Å². The molecule has 1 atom stereocenters. The molecule has 152 valence electrons. The van der Waals surface area contributed by atoms with E-state index in [1.807, 2.05) is 12.1 Å². The lowest BCUT2D eigenvalue weighted by Gasteiger charge is -2.32. The van der Waals surface area contributed by atoms with Crippen LogP contribution in [0.3, 0.4) is 0 Å². The Morgan fingerprint density at radius 1 is 0.690 bits per heavy atom. The van der Waals surface area contributed by atoms with Crippen molar-refractivity contribution in [2.75, 3.05) is 14.2 Å². The molecule has 0 radical (unpaired) electrons. The topological polar surface area (TPSA) is 60.7 Å². The molecule has 3 N–H and O–H groups in total. The van der Waals surface area contributed by atoms with Crippen molar-refractivity contribution in [3.8, 4) is 5.75 Å². The zero-order chi connectivity index (χ0) is 20.9. The third-order valence-corrected chi connectivity index (χ3v) is 6.29. The molecule has 0 saturated carbocycles. The molecule has 3 nitrogen and oxygen atoms in total. The van der Waals surface area contributed by atoms with E-state index in [2.05, 4.69) is 60.7 Å². The van der Waals surface area contributed by atoms with Gasteiger partial charge in [0.2, 0.25) is 0 Å². The zero-order valence-electron chi connectivity index (χ0n) is 17.2. The van der Waals surface area contributed by atoms with Crippen LogP contribution in [-0.4, -0.2) is 29.5 Å². The molecule has 0 aliphatic heterocycles. The van der Waals surface area contributed by atoms with Crippen LogP contribution >= 0.6 is 0 Å². The minimum Gasteiger partial charge on any atom is -0.508 e. The van der Waals surface area contributed by atoms with Gasteiger partial charge in [0.15, 0.2) is 0 Å². The maximum atomic E-state index is 9.60. The Hall–Kier alpha value is -2.62. The van der Waals surface area contributed by atoms with Crippen LogP contribution in [0.25, 0.3) is 0 Å². The minimum atomic E-state index is 0.311. The third-order valence-electron chi connectivity index (χ3n) is 6.29. The molecule has 1 spiro atoms. The number of phenolic OH excluding ortho intramolecular Hbond substituents is 1. The molecule has 5 rings (SSSR count). The maximum absolute atomic E-state index is 9.60. The number of aliphatic hydroxyl groups is 2. The Balaban J connectivity index is 0.000000568. The molecule has 0 aromatic heterocycles. The van der Waals surface area contributed by atoms with Crippen molar-refractivity contribution >= 4 is 0 Å². The summed E-state index contributed by atoms with van der Waals surface area (Å²) in [4.78, 5) is 0. The number of aromatic hydroxyl groups is 1. The van der Waals surface area contributed by atoms with Crippen molar-refractivity contribution in [1.82, 2.24) is 0 Å². The van der Waals surface area contributed by atoms with Gasteiger partial charge in [-0.25, -0.2) is 0 Å². The van der Waals surface area contributed by atoms with Gasteiger partial charge in [0.1, 0.15) is 5.75 Å². The van der Waals surface area contributed by atoms with Crippen LogP contribution in [0, 0.1) is 5.41 Å². The van der Waals surface area contributed by atoms with Gasteiger partial charge in [0, 0.05) is 14.2 Å². The number of rotatable bonds is 2. The van der Waals surface area contributed by atoms with Gasteiger partial charge in [-0.3, -0.25) is 0 Å². The van der Waals surface area contributed by atoms with E-state index < -0.39 is 0 Å². The predicted octanol–water partition coefficient (Wildman–Crippen LogP) is 4.28. The molecule has 29 heavy (non-hydrogen) atoms. The number of aliphatic hydroxyl groups excluding tert-OH is 2. The van der Waals surface area contributed by atoms with Gasteiger partial charge in [-0.2, -0.15) is 0 Å². The fraction of sp³-hybridized carbons (Fsp3) is 0.308. The van der Waals surface area contributed by atoms with Crippen LogP contribution in [0.5, 0.6) is 5.75 Å². The first kappa shape index (κ1) is 21.1. The first-order chi connectivity index (χ1) is 14.2. The third kappa shape index (κ3) is 4.07. The molecular weight excluding hydrogens is 360 g/mol. The standard InChI is InChI=1S/C24H22O.2CH4O/c25-21-11-9-17(10-12-21)13-23-22-8-4-3-7-20(22)16-24(23)14-18-5-1-2-6-19(18)15-24;2*1-2/h1-12,23,25H,13-16H2;2*2H,1H3. The Labute approximate surface area is 173 Å². The summed E-state index contributed by atoms with van der Waals surface area (Å²) in [6.07, 6.45) is 4.59. The van der Waals surface area contributed by atoms with E-state index in [-0.39, 0.29) is 0 Å². The molecular formula is C26H30O3. The summed E-state index contributed by atoms with van der Waals surface area (Å²) in [6.45, 7) is 0. The molecule has 3 heteroatoms. The van der Waals surface area contributed by atoms with E-state index in [0.717, 1.165) is 20.6 Å². The van der Waals surface area contributed by atoms with Crippen LogP contribution in [0.2, 0.25) is 0 Å². The smallest absolute Gasteiger partial charge is 0.115 e. The molecule has 1 unspecified atom stereocenters. The van der Waals surface area contributed by atoms with Crippen molar-refractivity contribution in [2.24, 2.45) is 5.41 Å². The highest BCUT2D eigenvalue weighted by Gasteiger charge is 2.48. The number of hydrogen-bond donors (Lipinski definition) is 3. The molecule has 2 aliphatic carbocycles. The summed E-state index contributed by atoms with van der Waals surface area (Å²) in [5, 5.41) is 23.6. The lowest BCUT2D eigenvalue weighted by Crippen LogP contribution is -2.28. The number of fused-ring (bicyclic) bond motifs is 2. The highest BCUT2D eigenvalue weighted by atomic mass is 16.3. The fourth-order valence-corrected chi connectivity index (χ4v) is 5.16. The zero-order valence-corrected chi connectivity index (χ0v) is 17.2. The quantitative estimate of drug-likeness (QED) is 0.612. The van der Waals surface area contributed by atoms with Crippen molar-refractivity contribution in [3.05, 3.63) is 101 Å². The molecule has 0 saturated heterocycles. The SMILES string of the molecule is CO.CO.Oc1ccc(CC2c3ccccc3CC23Cc2ccccc2C3)cc1. The molecule has 0 amide bonds. The monoisotopic (exact) mass is 390 g/mol. The normalized spacial score (nSPS) is 17.4. The molecule has 0 fully saturated rings. The van der Waals surface area contributed by atoms with Crippen LogP contribution in [0.1, 0.15) is 33.7 Å². The number of hydrogen-bond acceptors (Lipinski definition) is 3. The van der Waals surface area contributed by atoms with E-state index >= 15 is 0 Å². The molecule has 2 aliphatic rings. The van der Waals surface area contributed by atoms with Crippen LogP contribution < -0.4 is 0 Å². The van der Waals surface area contributed by atoms with Crippen molar-refractivity contribution in [1.29, 1.82) is 0 Å². The maximum Gasteiger partial charge on any atom is 0.115 e. The summed E-state index contributed by atoms with van der Waals surface area (Å²) >= 11 is 0. The fourth-order valence-electron chi connectivity index (χ4n) is 5.16. The van der Waals surface area contributed by atoms with Gasteiger partial charge in [-0.05, 0) is 77.0 Å². The Morgan fingerprint density at radius 2 is 1.17 bits per heavy atom. The lowest BCUT2D eigenvalue weighted by molar-refractivity contribution is 0.257. The van der Waals surface area contributed by atoms with Gasteiger partial charge < -0.3 is 15.3 Å². The summed E-state index contributed by atoms with van der Waals surface area (Å²) in [6, 6.07) is 25.8. The summed E-state index contributed by atoms with van der Waals surface area (Å²) in [5.41, 5.74) is 7.75. The van der Waals surface area contributed by atoms with Crippen LogP contribution in [-0.2, 0) is 25.7 Å². The predicted molar refractivity (Wildman–Crippen MR) is 117 cm³/mol. The Bertz CT molecular complexity index is 900. The second-order valence-corrected chi connectivity index (χ2v) is 7.78. The van der Waals surface area contributed by atoms with E-state index in [9.17, 15) is 5.11 Å². The number of benzene rings is 3. The van der Waals surface area contributed by atoms with Gasteiger partial charge in [-0.15, -0.1) is 0 Å². The average molecular weight is 391 g/mol. The minimum absolute atomic E-state index is 0.311. The molecule has 0 heterocycles. The molecule has 0 bridgehead atoms. The lowest BCUT2D eigenvalue weighted by atomic mass is 9.71. The van der Waals surface area contributed by atoms with Crippen molar-refractivity contribution in [2.45, 2.75) is 31.6 Å². The first-order valence-electron chi connectivity index (χ1n) is 10.1. The van der Waals surface area contributed by atoms with Gasteiger partial charge in [0.25, 0.3) is 0 Å². The second kappa shape index (κ2) is 9.25. The van der Waals surface area contributed by atoms with E-state index in [1.54, 1.807) is 0 Å². The summed E-state index contributed by atoms with van der Waals surface area (Å²) in [7, 11) is 2.00. The van der Waals surface area contributed by atoms with Gasteiger partial charge in [0.05, 0.1) is 0 Å². The van der Waals surface area contributed by atoms with Gasteiger partial charge in [-0.1, -0.05) is 60.7 Å². The Morgan fingerprint density at radius 3 is 1.76 bits per heavy atom. The largest absolute Gasteiger partial charge is 0.508 e. The molecule has 3 aromatic rings. The second-order valence-electron chi connectivity index (χ2n) is 7.78. The first-order valence-corrected chi connectivity index (χ1v) is 10.1. The van der Waals surface area contributed by atoms with Crippen molar-refractivity contribution < 1.29 is 15.3 Å². The average Bonchev–Trinajstić information content (AvgIpc) is 3.29. The van der Waals surface area contributed by atoms with E-state index in [4.69, 9.17) is 10.2 Å². The Kier molecular flexibility index (Phi) is 6.73.